The molecule has 2 heterocycles. The van der Waals surface area contributed by atoms with Crippen molar-refractivity contribution < 1.29 is 14.3 Å². The maximum Gasteiger partial charge on any atom is 0.256 e. The molecular weight excluding hydrogens is 340 g/mol. The Kier molecular flexibility index (Phi) is 4.04. The molecule has 0 bridgehead atoms. The van der Waals surface area contributed by atoms with Gasteiger partial charge in [-0.2, -0.15) is 0 Å². The van der Waals surface area contributed by atoms with Gasteiger partial charge in [-0.3, -0.25) is 9.78 Å². The van der Waals surface area contributed by atoms with Gasteiger partial charge in [0.15, 0.2) is 0 Å². The van der Waals surface area contributed by atoms with Crippen molar-refractivity contribution in [2.45, 2.75) is 31.8 Å². The molecule has 0 unspecified atom stereocenters. The first-order valence-electron chi connectivity index (χ1n) is 8.29. The van der Waals surface area contributed by atoms with E-state index >= 15 is 0 Å². The molecule has 1 amide bonds. The number of hydrogen-bond acceptors (Lipinski definition) is 4. The second-order valence-electron chi connectivity index (χ2n) is 6.46. The van der Waals surface area contributed by atoms with Crippen LogP contribution in [0.15, 0.2) is 24.4 Å². The Labute approximate surface area is 151 Å². The highest BCUT2D eigenvalue weighted by Gasteiger charge is 2.37. The first kappa shape index (κ1) is 16.2. The predicted octanol–water partition coefficient (Wildman–Crippen LogP) is 3.79. The zero-order chi connectivity index (χ0) is 17.6. The van der Waals surface area contributed by atoms with Crippen LogP contribution in [0, 0.1) is 0 Å². The van der Waals surface area contributed by atoms with Gasteiger partial charge in [0, 0.05) is 48.1 Å². The lowest BCUT2D eigenvalue weighted by Gasteiger charge is -2.18. The first-order valence-corrected chi connectivity index (χ1v) is 8.67. The number of benzene rings is 1. The monoisotopic (exact) mass is 358 g/mol. The Morgan fingerprint density at radius 2 is 2.08 bits per heavy atom. The van der Waals surface area contributed by atoms with Gasteiger partial charge in [-0.15, -0.1) is 0 Å². The van der Waals surface area contributed by atoms with E-state index in [0.717, 1.165) is 35.4 Å². The van der Waals surface area contributed by atoms with Crippen LogP contribution in [0.5, 0.6) is 11.5 Å². The maximum atomic E-state index is 12.9. The SMILES string of the molecule is COc1ccc(CN2Cc3c(C4CC4)ncc(Cl)c3C2=O)c(OC)c1. The number of ether oxygens (including phenoxy) is 2. The highest BCUT2D eigenvalue weighted by molar-refractivity contribution is 6.34. The number of fused-ring (bicyclic) bond motifs is 1. The van der Waals surface area contributed by atoms with Crippen molar-refractivity contribution in [2.24, 2.45) is 0 Å². The molecular formula is C19H19ClN2O3. The molecule has 0 saturated heterocycles. The fraction of sp³-hybridized carbons (Fsp3) is 0.368. The summed E-state index contributed by atoms with van der Waals surface area (Å²) in [4.78, 5) is 19.2. The lowest BCUT2D eigenvalue weighted by molar-refractivity contribution is 0.0765. The fourth-order valence-corrected chi connectivity index (χ4v) is 3.62. The number of rotatable bonds is 5. The number of carbonyl (C=O) groups excluding carboxylic acids is 1. The van der Waals surface area contributed by atoms with Gasteiger partial charge in [-0.1, -0.05) is 11.6 Å². The standard InChI is InChI=1S/C19H19ClN2O3/c1-24-13-6-5-12(16(7-13)25-2)9-22-10-14-17(19(22)23)15(20)8-21-18(14)11-3-4-11/h5-8,11H,3-4,9-10H2,1-2H3. The Balaban J connectivity index is 1.64. The molecule has 0 spiro atoms. The van der Waals surface area contributed by atoms with Crippen LogP contribution in [-0.4, -0.2) is 30.0 Å². The van der Waals surface area contributed by atoms with Gasteiger partial charge in [-0.05, 0) is 25.0 Å². The van der Waals surface area contributed by atoms with E-state index in [0.29, 0.717) is 35.3 Å². The summed E-state index contributed by atoms with van der Waals surface area (Å²) in [6.45, 7) is 1.00. The summed E-state index contributed by atoms with van der Waals surface area (Å²) in [5.74, 6) is 1.87. The van der Waals surface area contributed by atoms with Gasteiger partial charge >= 0.3 is 0 Å². The topological polar surface area (TPSA) is 51.7 Å². The van der Waals surface area contributed by atoms with E-state index in [1.165, 1.54) is 0 Å². The van der Waals surface area contributed by atoms with Gasteiger partial charge in [0.1, 0.15) is 11.5 Å². The second-order valence-corrected chi connectivity index (χ2v) is 6.87. The van der Waals surface area contributed by atoms with E-state index in [1.807, 2.05) is 18.2 Å². The Hall–Kier alpha value is -2.27. The molecule has 25 heavy (non-hydrogen) atoms. The van der Waals surface area contributed by atoms with E-state index in [4.69, 9.17) is 21.1 Å². The molecule has 1 saturated carbocycles. The number of halogens is 1. The first-order chi connectivity index (χ1) is 12.1. The van der Waals surface area contributed by atoms with Crippen molar-refractivity contribution in [3.8, 4) is 11.5 Å². The molecule has 1 aromatic carbocycles. The third-order valence-electron chi connectivity index (χ3n) is 4.84. The zero-order valence-electron chi connectivity index (χ0n) is 14.2. The average Bonchev–Trinajstić information content (AvgIpc) is 3.41. The van der Waals surface area contributed by atoms with E-state index in [1.54, 1.807) is 25.3 Å². The van der Waals surface area contributed by atoms with Crippen LogP contribution in [0.25, 0.3) is 0 Å². The van der Waals surface area contributed by atoms with Gasteiger partial charge in [-0.25, -0.2) is 0 Å². The van der Waals surface area contributed by atoms with Crippen molar-refractivity contribution >= 4 is 17.5 Å². The molecule has 1 fully saturated rings. The van der Waals surface area contributed by atoms with Crippen molar-refractivity contribution in [1.82, 2.24) is 9.88 Å². The Morgan fingerprint density at radius 3 is 2.76 bits per heavy atom. The molecule has 6 heteroatoms. The Morgan fingerprint density at radius 1 is 1.28 bits per heavy atom. The lowest BCUT2D eigenvalue weighted by Crippen LogP contribution is -2.23. The lowest BCUT2D eigenvalue weighted by atomic mass is 10.1. The molecule has 1 aliphatic heterocycles. The molecule has 1 aromatic heterocycles. The number of aromatic nitrogens is 1. The van der Waals surface area contributed by atoms with Gasteiger partial charge < -0.3 is 14.4 Å². The van der Waals surface area contributed by atoms with Gasteiger partial charge in [0.05, 0.1) is 24.8 Å². The highest BCUT2D eigenvalue weighted by atomic mass is 35.5. The fourth-order valence-electron chi connectivity index (χ4n) is 3.38. The van der Waals surface area contributed by atoms with Crippen LogP contribution in [0.1, 0.15) is 45.9 Å². The van der Waals surface area contributed by atoms with Crippen molar-refractivity contribution in [1.29, 1.82) is 0 Å². The zero-order valence-corrected chi connectivity index (χ0v) is 15.0. The number of carbonyl (C=O) groups is 1. The number of hydrogen-bond donors (Lipinski definition) is 0. The molecule has 0 atom stereocenters. The third-order valence-corrected chi connectivity index (χ3v) is 5.12. The summed E-state index contributed by atoms with van der Waals surface area (Å²) in [5.41, 5.74) is 3.58. The van der Waals surface area contributed by atoms with Crippen LogP contribution in [0.2, 0.25) is 5.02 Å². The normalized spacial score (nSPS) is 16.1. The summed E-state index contributed by atoms with van der Waals surface area (Å²) in [7, 11) is 3.23. The number of amides is 1. The average molecular weight is 359 g/mol. The summed E-state index contributed by atoms with van der Waals surface area (Å²) < 4.78 is 10.7. The molecule has 2 aromatic rings. The summed E-state index contributed by atoms with van der Waals surface area (Å²) in [5, 5.41) is 0.439. The highest BCUT2D eigenvalue weighted by Crippen LogP contribution is 2.44. The van der Waals surface area contributed by atoms with Crippen LogP contribution in [0.4, 0.5) is 0 Å². The molecule has 130 valence electrons. The molecule has 5 nitrogen and oxygen atoms in total. The van der Waals surface area contributed by atoms with E-state index in [2.05, 4.69) is 4.98 Å². The van der Waals surface area contributed by atoms with Gasteiger partial charge in [0.25, 0.3) is 5.91 Å². The van der Waals surface area contributed by atoms with Crippen LogP contribution in [-0.2, 0) is 13.1 Å². The van der Waals surface area contributed by atoms with E-state index in [-0.39, 0.29) is 5.91 Å². The quantitative estimate of drug-likeness (QED) is 0.816. The number of nitrogens with zero attached hydrogens (tertiary/aromatic N) is 2. The van der Waals surface area contributed by atoms with Crippen LogP contribution < -0.4 is 9.47 Å². The Bertz CT molecular complexity index is 849. The number of methoxy groups -OCH3 is 2. The van der Waals surface area contributed by atoms with Crippen molar-refractivity contribution in [3.05, 3.63) is 51.8 Å². The summed E-state index contributed by atoms with van der Waals surface area (Å²) in [6.07, 6.45) is 3.90. The van der Waals surface area contributed by atoms with E-state index < -0.39 is 0 Å². The van der Waals surface area contributed by atoms with Crippen molar-refractivity contribution in [2.75, 3.05) is 14.2 Å². The summed E-state index contributed by atoms with van der Waals surface area (Å²) >= 11 is 6.28. The van der Waals surface area contributed by atoms with Crippen LogP contribution in [0.3, 0.4) is 0 Å². The molecule has 2 aliphatic rings. The minimum absolute atomic E-state index is 0.0397. The maximum absolute atomic E-state index is 12.9. The third kappa shape index (κ3) is 2.82. The molecule has 0 radical (unpaired) electrons. The summed E-state index contributed by atoms with van der Waals surface area (Å²) in [6, 6.07) is 5.62. The molecule has 4 rings (SSSR count). The van der Waals surface area contributed by atoms with Gasteiger partial charge in [0.2, 0.25) is 0 Å². The van der Waals surface area contributed by atoms with E-state index in [9.17, 15) is 4.79 Å². The minimum Gasteiger partial charge on any atom is -0.497 e. The van der Waals surface area contributed by atoms with Crippen molar-refractivity contribution in [3.63, 3.8) is 0 Å². The molecule has 0 N–H and O–H groups in total. The minimum atomic E-state index is -0.0397. The number of pyridine rings is 1. The second kappa shape index (κ2) is 6.23. The largest absolute Gasteiger partial charge is 0.497 e. The molecule has 1 aliphatic carbocycles. The predicted molar refractivity (Wildman–Crippen MR) is 94.3 cm³/mol. The smallest absolute Gasteiger partial charge is 0.256 e. The van der Waals surface area contributed by atoms with Crippen LogP contribution >= 0.6 is 11.6 Å².